The van der Waals surface area contributed by atoms with Gasteiger partial charge < -0.3 is 14.2 Å². The summed E-state index contributed by atoms with van der Waals surface area (Å²) in [6, 6.07) is 3.70. The molecule has 0 radical (unpaired) electrons. The van der Waals surface area contributed by atoms with Crippen LogP contribution in [0.4, 0.5) is 0 Å². The van der Waals surface area contributed by atoms with Gasteiger partial charge >= 0.3 is 28.0 Å². The Morgan fingerprint density at radius 3 is 2.07 bits per heavy atom. The van der Waals surface area contributed by atoms with E-state index in [0.717, 1.165) is 31.2 Å². The average Bonchev–Trinajstić information content (AvgIpc) is 2.60. The van der Waals surface area contributed by atoms with Crippen molar-refractivity contribution in [1.29, 1.82) is 0 Å². The van der Waals surface area contributed by atoms with E-state index in [2.05, 4.69) is 18.4 Å². The summed E-state index contributed by atoms with van der Waals surface area (Å²) in [5, 5.41) is 3.69. The molecular formula is C14H16O13S2. The standard InChI is InChI=1S/C14H16O13S2/c1-4-13(17)24-14(22-9-15,23-10(2)16)11-5-7-12(8-6-11)29(20,21)27-25-26-28(3,18)19/h5-9H,4H2,1-3H3. The van der Waals surface area contributed by atoms with Gasteiger partial charge in [-0.05, 0) is 29.3 Å². The molecule has 15 heteroatoms. The van der Waals surface area contributed by atoms with Gasteiger partial charge in [0.2, 0.25) is 0 Å². The van der Waals surface area contributed by atoms with Crippen molar-refractivity contribution >= 4 is 38.6 Å². The van der Waals surface area contributed by atoms with E-state index in [9.17, 15) is 31.2 Å². The highest BCUT2D eigenvalue weighted by molar-refractivity contribution is 7.87. The van der Waals surface area contributed by atoms with Crippen molar-refractivity contribution in [3.8, 4) is 0 Å². The van der Waals surface area contributed by atoms with E-state index >= 15 is 0 Å². The summed E-state index contributed by atoms with van der Waals surface area (Å²) in [5.74, 6) is -4.48. The van der Waals surface area contributed by atoms with Crippen LogP contribution in [0.3, 0.4) is 0 Å². The number of carbonyl (C=O) groups excluding carboxylic acids is 3. The average molecular weight is 456 g/mol. The molecule has 0 aliphatic rings. The zero-order valence-electron chi connectivity index (χ0n) is 15.2. The molecule has 0 aromatic heterocycles. The van der Waals surface area contributed by atoms with Crippen molar-refractivity contribution in [1.82, 2.24) is 0 Å². The lowest BCUT2D eigenvalue weighted by atomic mass is 10.2. The zero-order valence-corrected chi connectivity index (χ0v) is 16.9. The van der Waals surface area contributed by atoms with Crippen LogP contribution in [0.1, 0.15) is 25.8 Å². The maximum absolute atomic E-state index is 11.9. The second-order valence-electron chi connectivity index (χ2n) is 5.08. The van der Waals surface area contributed by atoms with Gasteiger partial charge in [0.05, 0.1) is 16.7 Å². The van der Waals surface area contributed by atoms with Gasteiger partial charge in [0.25, 0.3) is 16.6 Å². The smallest absolute Gasteiger partial charge is 0.386 e. The van der Waals surface area contributed by atoms with E-state index in [1.807, 2.05) is 0 Å². The van der Waals surface area contributed by atoms with Crippen molar-refractivity contribution in [2.45, 2.75) is 31.1 Å². The third-order valence-corrected chi connectivity index (χ3v) is 4.17. The number of hydrogen-bond donors (Lipinski definition) is 0. The SMILES string of the molecule is CCC(=O)OC(OC=O)(OC(C)=O)c1ccc(S(=O)(=O)OOOS(C)(=O)=O)cc1. The molecule has 29 heavy (non-hydrogen) atoms. The van der Waals surface area contributed by atoms with Crippen LogP contribution in [0.25, 0.3) is 0 Å². The maximum atomic E-state index is 11.9. The highest BCUT2D eigenvalue weighted by Gasteiger charge is 2.43. The first-order chi connectivity index (χ1) is 13.3. The van der Waals surface area contributed by atoms with Gasteiger partial charge in [-0.2, -0.15) is 16.8 Å². The molecule has 0 fully saturated rings. The molecule has 0 saturated heterocycles. The van der Waals surface area contributed by atoms with Gasteiger partial charge in [0.15, 0.2) is 0 Å². The molecule has 162 valence electrons. The molecule has 1 rings (SSSR count). The number of benzene rings is 1. The lowest BCUT2D eigenvalue weighted by molar-refractivity contribution is -0.406. The molecule has 0 aliphatic heterocycles. The third kappa shape index (κ3) is 7.39. The minimum absolute atomic E-state index is 0.143. The number of hydrogen-bond acceptors (Lipinski definition) is 13. The normalized spacial score (nSPS) is 13.8. The second-order valence-corrected chi connectivity index (χ2v) is 8.14. The van der Waals surface area contributed by atoms with Crippen LogP contribution < -0.4 is 0 Å². The minimum atomic E-state index is -4.65. The zero-order chi connectivity index (χ0) is 22.3. The van der Waals surface area contributed by atoms with Crippen LogP contribution in [0, 0.1) is 0 Å². The molecule has 0 spiro atoms. The molecule has 0 aliphatic carbocycles. The largest absolute Gasteiger partial charge is 0.453 e. The molecule has 1 aromatic rings. The summed E-state index contributed by atoms with van der Waals surface area (Å²) in [7, 11) is -8.79. The van der Waals surface area contributed by atoms with Crippen LogP contribution in [0.5, 0.6) is 0 Å². The topological polar surface area (TPSA) is 175 Å². The molecule has 1 atom stereocenters. The van der Waals surface area contributed by atoms with Gasteiger partial charge in [0.1, 0.15) is 0 Å². The van der Waals surface area contributed by atoms with Crippen LogP contribution in [0.15, 0.2) is 29.2 Å². The molecule has 1 aromatic carbocycles. The fourth-order valence-corrected chi connectivity index (χ4v) is 2.51. The van der Waals surface area contributed by atoms with Crippen LogP contribution in [0.2, 0.25) is 0 Å². The van der Waals surface area contributed by atoms with Gasteiger partial charge in [-0.1, -0.05) is 15.6 Å². The first-order valence-electron chi connectivity index (χ1n) is 7.48. The Morgan fingerprint density at radius 2 is 1.62 bits per heavy atom. The molecule has 0 bridgehead atoms. The Morgan fingerprint density at radius 1 is 1.03 bits per heavy atom. The van der Waals surface area contributed by atoms with E-state index in [1.165, 1.54) is 6.92 Å². The predicted molar refractivity (Wildman–Crippen MR) is 88.7 cm³/mol. The van der Waals surface area contributed by atoms with Gasteiger partial charge in [-0.25, -0.2) is 0 Å². The molecule has 13 nitrogen and oxygen atoms in total. The van der Waals surface area contributed by atoms with Crippen molar-refractivity contribution in [2.24, 2.45) is 0 Å². The first kappa shape index (κ1) is 24.4. The summed E-state index contributed by atoms with van der Waals surface area (Å²) in [4.78, 5) is 33.4. The summed E-state index contributed by atoms with van der Waals surface area (Å²) in [5.41, 5.74) is -0.242. The van der Waals surface area contributed by atoms with Crippen molar-refractivity contribution in [3.05, 3.63) is 29.8 Å². The second kappa shape index (κ2) is 9.75. The van der Waals surface area contributed by atoms with Crippen LogP contribution in [-0.4, -0.2) is 41.5 Å². The fraction of sp³-hybridized carbons (Fsp3) is 0.357. The number of carbonyl (C=O) groups is 3. The molecular weight excluding hydrogens is 440 g/mol. The third-order valence-electron chi connectivity index (χ3n) is 2.78. The molecule has 0 saturated carbocycles. The van der Waals surface area contributed by atoms with E-state index in [4.69, 9.17) is 9.47 Å². The monoisotopic (exact) mass is 456 g/mol. The summed E-state index contributed by atoms with van der Waals surface area (Å²) in [6.45, 7) is 2.23. The Bertz CT molecular complexity index is 950. The highest BCUT2D eigenvalue weighted by atomic mass is 32.2. The van der Waals surface area contributed by atoms with Crippen molar-refractivity contribution < 1.29 is 59.1 Å². The van der Waals surface area contributed by atoms with Crippen molar-refractivity contribution in [3.63, 3.8) is 0 Å². The van der Waals surface area contributed by atoms with Crippen molar-refractivity contribution in [2.75, 3.05) is 6.26 Å². The lowest BCUT2D eigenvalue weighted by Crippen LogP contribution is -2.39. The number of rotatable bonds is 11. The number of esters is 2. The van der Waals surface area contributed by atoms with Crippen LogP contribution >= 0.6 is 0 Å². The first-order valence-corrected chi connectivity index (χ1v) is 10.7. The van der Waals surface area contributed by atoms with E-state index in [0.29, 0.717) is 6.26 Å². The Labute approximate surface area is 165 Å². The summed E-state index contributed by atoms with van der Waals surface area (Å²) >= 11 is 0. The van der Waals surface area contributed by atoms with E-state index in [-0.39, 0.29) is 18.5 Å². The Kier molecular flexibility index (Phi) is 8.22. The molecule has 1 unspecified atom stereocenters. The molecule has 0 amide bonds. The van der Waals surface area contributed by atoms with E-state index in [1.54, 1.807) is 0 Å². The van der Waals surface area contributed by atoms with E-state index < -0.39 is 43.0 Å². The Balaban J connectivity index is 3.22. The number of ether oxygens (including phenoxy) is 3. The van der Waals surface area contributed by atoms with Gasteiger partial charge in [-0.15, -0.1) is 0 Å². The minimum Gasteiger partial charge on any atom is -0.386 e. The predicted octanol–water partition coefficient (Wildman–Crippen LogP) is 0.0143. The highest BCUT2D eigenvalue weighted by Crippen LogP contribution is 2.30. The molecule has 0 heterocycles. The quantitative estimate of drug-likeness (QED) is 0.143. The Hall–Kier alpha value is -2.59. The summed E-state index contributed by atoms with van der Waals surface area (Å²) < 4.78 is 67.3. The molecule has 0 N–H and O–H groups in total. The fourth-order valence-electron chi connectivity index (χ4n) is 1.69. The van der Waals surface area contributed by atoms with Gasteiger partial charge in [0, 0.05) is 13.3 Å². The lowest BCUT2D eigenvalue weighted by Gasteiger charge is -2.29. The maximum Gasteiger partial charge on any atom is 0.453 e. The summed E-state index contributed by atoms with van der Waals surface area (Å²) in [6.07, 6.45) is 0.417. The van der Waals surface area contributed by atoms with Crippen LogP contribution in [-0.2, 0) is 68.5 Å². The van der Waals surface area contributed by atoms with Gasteiger partial charge in [-0.3, -0.25) is 14.4 Å².